The molecule has 1 radical (unpaired) electrons. The summed E-state index contributed by atoms with van der Waals surface area (Å²) in [7, 11) is 0. The zero-order chi connectivity index (χ0) is 5.11. The summed E-state index contributed by atoms with van der Waals surface area (Å²) in [4.78, 5) is 0. The van der Waals surface area contributed by atoms with Gasteiger partial charge in [-0.1, -0.05) is 13.5 Å². The Morgan fingerprint density at radius 1 is 1.62 bits per heavy atom. The predicted octanol–water partition coefficient (Wildman–Crippen LogP) is 1.15. The third kappa shape index (κ3) is 2.78. The summed E-state index contributed by atoms with van der Waals surface area (Å²) in [5, 5.41) is 0. The van der Waals surface area contributed by atoms with Gasteiger partial charge in [0.2, 0.25) is 0 Å². The first-order valence-electron chi connectivity index (χ1n) is 2.53. The third-order valence-corrected chi connectivity index (χ3v) is 1.10. The van der Waals surface area contributed by atoms with Crippen LogP contribution in [0.2, 0.25) is 0 Å². The molecule has 0 fully saturated rings. The van der Waals surface area contributed by atoms with Gasteiger partial charge in [-0.2, -0.15) is 0 Å². The molecule has 0 aromatic rings. The van der Waals surface area contributed by atoms with Crippen LogP contribution < -0.4 is 0 Å². The van der Waals surface area contributed by atoms with E-state index in [0.29, 0.717) is 6.61 Å². The molecule has 43 valence electrons. The van der Waals surface area contributed by atoms with Crippen LogP contribution in [0.4, 0.5) is 0 Å². The van der Waals surface area contributed by atoms with Crippen molar-refractivity contribution in [1.82, 2.24) is 0 Å². The standard InChI is InChI=1S/C6H9O.Sc/c1-6-2-4-7-5-3-6;/h2,4-5H2,1H3;/q-1;. The monoisotopic (exact) mass is 142 g/mol. The van der Waals surface area contributed by atoms with E-state index in [0.717, 1.165) is 13.0 Å². The second kappa shape index (κ2) is 4.45. The molecule has 0 aliphatic carbocycles. The van der Waals surface area contributed by atoms with E-state index in [1.54, 1.807) is 0 Å². The Hall–Kier alpha value is 0.570. The Morgan fingerprint density at radius 3 is 2.62 bits per heavy atom. The fourth-order valence-corrected chi connectivity index (χ4v) is 0.560. The molecule has 2 heteroatoms. The van der Waals surface area contributed by atoms with Crippen LogP contribution in [0, 0.1) is 6.08 Å². The molecule has 1 nitrogen and oxygen atoms in total. The van der Waals surface area contributed by atoms with Gasteiger partial charge < -0.3 is 10.8 Å². The summed E-state index contributed by atoms with van der Waals surface area (Å²) < 4.78 is 5.01. The van der Waals surface area contributed by atoms with Gasteiger partial charge in [0.15, 0.2) is 0 Å². The molecular formula is C6H9OSc-. The van der Waals surface area contributed by atoms with Crippen molar-refractivity contribution in [3.05, 3.63) is 11.6 Å². The first kappa shape index (κ1) is 8.57. The van der Waals surface area contributed by atoms with Gasteiger partial charge in [-0.05, 0) is 6.42 Å². The van der Waals surface area contributed by atoms with Gasteiger partial charge in [-0.3, -0.25) is 5.57 Å². The van der Waals surface area contributed by atoms with Gasteiger partial charge in [0.05, 0.1) is 0 Å². The molecule has 0 saturated heterocycles. The van der Waals surface area contributed by atoms with Crippen LogP contribution in [0.25, 0.3) is 0 Å². The molecule has 1 rings (SSSR count). The van der Waals surface area contributed by atoms with Gasteiger partial charge in [0.1, 0.15) is 0 Å². The average molecular weight is 142 g/mol. The molecule has 0 aromatic heterocycles. The summed E-state index contributed by atoms with van der Waals surface area (Å²) in [5.74, 6) is 0. The second-order valence-corrected chi connectivity index (χ2v) is 1.76. The van der Waals surface area contributed by atoms with Crippen molar-refractivity contribution in [2.75, 3.05) is 13.2 Å². The van der Waals surface area contributed by atoms with E-state index >= 15 is 0 Å². The second-order valence-electron chi connectivity index (χ2n) is 1.76. The van der Waals surface area contributed by atoms with Crippen molar-refractivity contribution in [2.45, 2.75) is 13.3 Å². The summed E-state index contributed by atoms with van der Waals surface area (Å²) in [6.07, 6.45) is 4.15. The molecule has 1 aliphatic rings. The zero-order valence-electron chi connectivity index (χ0n) is 5.11. The topological polar surface area (TPSA) is 9.23 Å². The fraction of sp³-hybridized carbons (Fsp3) is 0.667. The maximum atomic E-state index is 5.01. The van der Waals surface area contributed by atoms with Gasteiger partial charge in [-0.25, -0.2) is 0 Å². The minimum Gasteiger partial charge on any atom is -0.471 e. The Balaban J connectivity index is 0.000000490. The van der Waals surface area contributed by atoms with E-state index < -0.39 is 0 Å². The molecular weight excluding hydrogens is 133 g/mol. The van der Waals surface area contributed by atoms with Gasteiger partial charge >= 0.3 is 0 Å². The van der Waals surface area contributed by atoms with Crippen molar-refractivity contribution in [3.63, 3.8) is 0 Å². The van der Waals surface area contributed by atoms with Crippen LogP contribution >= 0.6 is 0 Å². The smallest absolute Gasteiger partial charge is 0.0442 e. The van der Waals surface area contributed by atoms with E-state index in [9.17, 15) is 0 Å². The summed E-state index contributed by atoms with van der Waals surface area (Å²) in [6, 6.07) is 0. The molecule has 0 unspecified atom stereocenters. The van der Waals surface area contributed by atoms with Gasteiger partial charge in [-0.15, -0.1) is 0 Å². The van der Waals surface area contributed by atoms with E-state index in [1.807, 2.05) is 0 Å². The molecule has 0 bridgehead atoms. The molecule has 0 N–H and O–H groups in total. The molecule has 0 amide bonds. The Morgan fingerprint density at radius 2 is 2.38 bits per heavy atom. The molecule has 0 spiro atoms. The number of ether oxygens (including phenoxy) is 1. The van der Waals surface area contributed by atoms with Crippen LogP contribution in [0.1, 0.15) is 13.3 Å². The first-order chi connectivity index (χ1) is 3.39. The van der Waals surface area contributed by atoms with Gasteiger partial charge in [0, 0.05) is 32.5 Å². The minimum atomic E-state index is 0. The van der Waals surface area contributed by atoms with Crippen molar-refractivity contribution in [3.8, 4) is 0 Å². The Bertz CT molecular complexity index is 88.5. The Labute approximate surface area is 68.9 Å². The van der Waals surface area contributed by atoms with E-state index in [2.05, 4.69) is 13.0 Å². The summed E-state index contributed by atoms with van der Waals surface area (Å²) in [6.45, 7) is 3.67. The average Bonchev–Trinajstić information content (AvgIpc) is 1.69. The normalized spacial score (nSPS) is 18.9. The zero-order valence-corrected chi connectivity index (χ0v) is 6.91. The molecule has 0 saturated carbocycles. The number of rotatable bonds is 0. The van der Waals surface area contributed by atoms with Gasteiger partial charge in [0.25, 0.3) is 0 Å². The SMILES string of the molecule is CC1=[C-]COCC1.[Sc]. The largest absolute Gasteiger partial charge is 0.471 e. The van der Waals surface area contributed by atoms with E-state index in [-0.39, 0.29) is 25.8 Å². The maximum Gasteiger partial charge on any atom is 0.0442 e. The summed E-state index contributed by atoms with van der Waals surface area (Å²) >= 11 is 0. The van der Waals surface area contributed by atoms with Crippen LogP contribution in [-0.4, -0.2) is 13.2 Å². The van der Waals surface area contributed by atoms with E-state index in [4.69, 9.17) is 4.74 Å². The van der Waals surface area contributed by atoms with Crippen molar-refractivity contribution in [2.24, 2.45) is 0 Å². The van der Waals surface area contributed by atoms with Crippen LogP contribution in [0.5, 0.6) is 0 Å². The maximum absolute atomic E-state index is 5.01. The predicted molar refractivity (Wildman–Crippen MR) is 27.9 cm³/mol. The molecule has 1 aliphatic heterocycles. The summed E-state index contributed by atoms with van der Waals surface area (Å²) in [5.41, 5.74) is 1.34. The minimum absolute atomic E-state index is 0. The van der Waals surface area contributed by atoms with Crippen molar-refractivity contribution < 1.29 is 30.6 Å². The fourth-order valence-electron chi connectivity index (χ4n) is 0.560. The van der Waals surface area contributed by atoms with Crippen LogP contribution in [0.3, 0.4) is 0 Å². The van der Waals surface area contributed by atoms with E-state index in [1.165, 1.54) is 5.57 Å². The van der Waals surface area contributed by atoms with Crippen molar-refractivity contribution in [1.29, 1.82) is 0 Å². The Kier molecular flexibility index (Phi) is 4.77. The quantitative estimate of drug-likeness (QED) is 0.461. The molecule has 1 heterocycles. The van der Waals surface area contributed by atoms with Crippen LogP contribution in [-0.2, 0) is 30.6 Å². The van der Waals surface area contributed by atoms with Crippen LogP contribution in [0.15, 0.2) is 5.57 Å². The number of hydrogen-bond donors (Lipinski definition) is 0. The molecule has 8 heavy (non-hydrogen) atoms. The molecule has 0 aromatic carbocycles. The van der Waals surface area contributed by atoms with Crippen molar-refractivity contribution >= 4 is 0 Å². The third-order valence-electron chi connectivity index (χ3n) is 1.10. The first-order valence-corrected chi connectivity index (χ1v) is 2.53. The number of hydrogen-bond acceptors (Lipinski definition) is 1. The molecule has 0 atom stereocenters.